The van der Waals surface area contributed by atoms with Crippen molar-refractivity contribution >= 4 is 28.3 Å². The first-order valence-corrected chi connectivity index (χ1v) is 5.37. The van der Waals surface area contributed by atoms with E-state index in [1.165, 1.54) is 0 Å². The molecule has 0 unspecified atom stereocenters. The number of methoxy groups -OCH3 is 1. The molecule has 5 heteroatoms. The van der Waals surface area contributed by atoms with Crippen LogP contribution >= 0.6 is 22.6 Å². The molecule has 1 aromatic rings. The normalized spacial score (nSPS) is 9.67. The Morgan fingerprint density at radius 1 is 1.47 bits per heavy atom. The van der Waals surface area contributed by atoms with Crippen LogP contribution in [0, 0.1) is 14.9 Å². The molecule has 0 aliphatic heterocycles. The molecular weight excluding hydrogens is 307 g/mol. The van der Waals surface area contributed by atoms with Gasteiger partial charge in [0.1, 0.15) is 6.61 Å². The highest BCUT2D eigenvalue weighted by atomic mass is 127. The SMILES string of the molecule is COCCOc1c(N)cc(C#N)cc1I. The number of nitrogens with two attached hydrogens (primary N) is 1. The lowest BCUT2D eigenvalue weighted by molar-refractivity contribution is 0.146. The highest BCUT2D eigenvalue weighted by Crippen LogP contribution is 2.29. The first-order valence-electron chi connectivity index (χ1n) is 4.30. The molecule has 0 spiro atoms. The van der Waals surface area contributed by atoms with Gasteiger partial charge in [-0.05, 0) is 34.7 Å². The molecule has 80 valence electrons. The van der Waals surface area contributed by atoms with Gasteiger partial charge < -0.3 is 15.2 Å². The first kappa shape index (κ1) is 12.1. The molecular formula is C10H11IN2O2. The van der Waals surface area contributed by atoms with Gasteiger partial charge in [-0.15, -0.1) is 0 Å². The Labute approximate surface area is 102 Å². The van der Waals surface area contributed by atoms with Gasteiger partial charge in [0.15, 0.2) is 5.75 Å². The summed E-state index contributed by atoms with van der Waals surface area (Å²) < 4.78 is 11.1. The van der Waals surface area contributed by atoms with Crippen molar-refractivity contribution in [2.45, 2.75) is 0 Å². The van der Waals surface area contributed by atoms with Gasteiger partial charge in [-0.1, -0.05) is 0 Å². The smallest absolute Gasteiger partial charge is 0.155 e. The molecule has 0 amide bonds. The van der Waals surface area contributed by atoms with Crippen molar-refractivity contribution in [1.82, 2.24) is 0 Å². The molecule has 0 aromatic heterocycles. The second kappa shape index (κ2) is 5.78. The van der Waals surface area contributed by atoms with Crippen LogP contribution in [0.3, 0.4) is 0 Å². The molecule has 4 nitrogen and oxygen atoms in total. The number of rotatable bonds is 4. The molecule has 0 atom stereocenters. The van der Waals surface area contributed by atoms with E-state index in [0.717, 1.165) is 3.57 Å². The number of hydrogen-bond acceptors (Lipinski definition) is 4. The second-order valence-electron chi connectivity index (χ2n) is 2.83. The fraction of sp³-hybridized carbons (Fsp3) is 0.300. The fourth-order valence-corrected chi connectivity index (χ4v) is 1.86. The zero-order chi connectivity index (χ0) is 11.3. The summed E-state index contributed by atoms with van der Waals surface area (Å²) in [5, 5.41) is 8.72. The third kappa shape index (κ3) is 3.25. The highest BCUT2D eigenvalue weighted by molar-refractivity contribution is 14.1. The number of halogens is 1. The minimum absolute atomic E-state index is 0.447. The average Bonchev–Trinajstić information content (AvgIpc) is 2.22. The summed E-state index contributed by atoms with van der Waals surface area (Å²) in [4.78, 5) is 0. The maximum absolute atomic E-state index is 8.72. The molecule has 0 fully saturated rings. The van der Waals surface area contributed by atoms with Crippen molar-refractivity contribution in [3.63, 3.8) is 0 Å². The molecule has 2 N–H and O–H groups in total. The molecule has 0 heterocycles. The minimum atomic E-state index is 0.447. The van der Waals surface area contributed by atoms with Crippen molar-refractivity contribution in [3.8, 4) is 11.8 Å². The van der Waals surface area contributed by atoms with Gasteiger partial charge >= 0.3 is 0 Å². The molecule has 0 saturated heterocycles. The zero-order valence-electron chi connectivity index (χ0n) is 8.29. The molecule has 0 radical (unpaired) electrons. The van der Waals surface area contributed by atoms with Gasteiger partial charge in [0.05, 0.1) is 27.5 Å². The molecule has 0 aliphatic carbocycles. The summed E-state index contributed by atoms with van der Waals surface area (Å²) in [6, 6.07) is 5.37. The number of ether oxygens (including phenoxy) is 2. The van der Waals surface area contributed by atoms with Crippen molar-refractivity contribution in [2.75, 3.05) is 26.1 Å². The van der Waals surface area contributed by atoms with Gasteiger partial charge in [0, 0.05) is 7.11 Å². The van der Waals surface area contributed by atoms with Crippen LogP contribution in [0.15, 0.2) is 12.1 Å². The third-order valence-electron chi connectivity index (χ3n) is 1.74. The Hall–Kier alpha value is -1.00. The number of benzene rings is 1. The number of anilines is 1. The Bertz CT molecular complexity index is 364. The standard InChI is InChI=1S/C10H11IN2O2/c1-14-2-3-15-10-8(11)4-7(6-12)5-9(10)13/h4-5H,2-3,13H2,1H3. The van der Waals surface area contributed by atoms with Crippen LogP contribution < -0.4 is 10.5 Å². The summed E-state index contributed by atoms with van der Waals surface area (Å²) in [5.41, 5.74) is 6.78. The number of hydrogen-bond donors (Lipinski definition) is 1. The van der Waals surface area contributed by atoms with Gasteiger partial charge in [0.2, 0.25) is 0 Å². The van der Waals surface area contributed by atoms with Crippen molar-refractivity contribution in [1.29, 1.82) is 5.26 Å². The lowest BCUT2D eigenvalue weighted by Gasteiger charge is -2.10. The summed E-state index contributed by atoms with van der Waals surface area (Å²) in [7, 11) is 1.61. The van der Waals surface area contributed by atoms with E-state index >= 15 is 0 Å². The van der Waals surface area contributed by atoms with Gasteiger partial charge in [-0.25, -0.2) is 0 Å². The Balaban J connectivity index is 2.85. The monoisotopic (exact) mass is 318 g/mol. The van der Waals surface area contributed by atoms with Crippen LogP contribution in [0.5, 0.6) is 5.75 Å². The van der Waals surface area contributed by atoms with Crippen molar-refractivity contribution < 1.29 is 9.47 Å². The Kier molecular flexibility index (Phi) is 4.65. The summed E-state index contributed by atoms with van der Waals surface area (Å²) in [5.74, 6) is 0.617. The Morgan fingerprint density at radius 2 is 2.20 bits per heavy atom. The van der Waals surface area contributed by atoms with Crippen LogP contribution in [-0.4, -0.2) is 20.3 Å². The topological polar surface area (TPSA) is 68.3 Å². The minimum Gasteiger partial charge on any atom is -0.488 e. The maximum Gasteiger partial charge on any atom is 0.155 e. The maximum atomic E-state index is 8.72. The van der Waals surface area contributed by atoms with Crippen molar-refractivity contribution in [2.24, 2.45) is 0 Å². The summed E-state index contributed by atoms with van der Waals surface area (Å²) in [6.45, 7) is 0.956. The third-order valence-corrected chi connectivity index (χ3v) is 2.54. The van der Waals surface area contributed by atoms with E-state index in [2.05, 4.69) is 22.6 Å². The lowest BCUT2D eigenvalue weighted by atomic mass is 10.2. The van der Waals surface area contributed by atoms with E-state index in [4.69, 9.17) is 20.5 Å². The van der Waals surface area contributed by atoms with Crippen LogP contribution in [0.2, 0.25) is 0 Å². The molecule has 1 rings (SSSR count). The molecule has 15 heavy (non-hydrogen) atoms. The van der Waals surface area contributed by atoms with Gasteiger partial charge in [-0.3, -0.25) is 0 Å². The molecule has 0 bridgehead atoms. The first-order chi connectivity index (χ1) is 7.19. The fourth-order valence-electron chi connectivity index (χ4n) is 1.06. The Morgan fingerprint density at radius 3 is 2.73 bits per heavy atom. The molecule has 0 saturated carbocycles. The zero-order valence-corrected chi connectivity index (χ0v) is 10.4. The predicted octanol–water partition coefficient (Wildman–Crippen LogP) is 1.77. The predicted molar refractivity (Wildman–Crippen MR) is 65.7 cm³/mol. The van der Waals surface area contributed by atoms with E-state index in [-0.39, 0.29) is 0 Å². The molecule has 1 aromatic carbocycles. The highest BCUT2D eigenvalue weighted by Gasteiger charge is 2.07. The van der Waals surface area contributed by atoms with Crippen LogP contribution in [0.1, 0.15) is 5.56 Å². The largest absolute Gasteiger partial charge is 0.488 e. The number of nitriles is 1. The number of nitrogens with zero attached hydrogens (tertiary/aromatic N) is 1. The summed E-state index contributed by atoms with van der Waals surface area (Å²) >= 11 is 2.09. The second-order valence-corrected chi connectivity index (χ2v) is 3.99. The van der Waals surface area contributed by atoms with Gasteiger partial charge in [-0.2, -0.15) is 5.26 Å². The van der Waals surface area contributed by atoms with E-state index in [0.29, 0.717) is 30.2 Å². The van der Waals surface area contributed by atoms with E-state index < -0.39 is 0 Å². The quantitative estimate of drug-likeness (QED) is 0.522. The van der Waals surface area contributed by atoms with Gasteiger partial charge in [0.25, 0.3) is 0 Å². The van der Waals surface area contributed by atoms with E-state index in [1.807, 2.05) is 6.07 Å². The van der Waals surface area contributed by atoms with Crippen LogP contribution in [-0.2, 0) is 4.74 Å². The lowest BCUT2D eigenvalue weighted by Crippen LogP contribution is -2.07. The average molecular weight is 318 g/mol. The van der Waals surface area contributed by atoms with Crippen molar-refractivity contribution in [3.05, 3.63) is 21.3 Å². The van der Waals surface area contributed by atoms with E-state index in [1.54, 1.807) is 19.2 Å². The van der Waals surface area contributed by atoms with Crippen LogP contribution in [0.4, 0.5) is 5.69 Å². The summed E-state index contributed by atoms with van der Waals surface area (Å²) in [6.07, 6.45) is 0. The van der Waals surface area contributed by atoms with E-state index in [9.17, 15) is 0 Å². The van der Waals surface area contributed by atoms with Crippen LogP contribution in [0.25, 0.3) is 0 Å². The number of nitrogen functional groups attached to an aromatic ring is 1. The molecule has 0 aliphatic rings.